The molecule has 0 radical (unpaired) electrons. The number of nitrogens with zero attached hydrogens (tertiary/aromatic N) is 2. The van der Waals surface area contributed by atoms with Crippen molar-refractivity contribution in [1.29, 1.82) is 0 Å². The minimum absolute atomic E-state index is 0.199. The zero-order valence-corrected chi connectivity index (χ0v) is 19.6. The third-order valence-electron chi connectivity index (χ3n) is 5.79. The second-order valence-electron chi connectivity index (χ2n) is 8.37. The van der Waals surface area contributed by atoms with Crippen LogP contribution in [0.4, 0.5) is 11.4 Å². The number of amides is 2. The summed E-state index contributed by atoms with van der Waals surface area (Å²) in [5.41, 5.74) is 4.76. The fourth-order valence-corrected chi connectivity index (χ4v) is 3.91. The lowest BCUT2D eigenvalue weighted by molar-refractivity contribution is -0.111. The minimum atomic E-state index is -0.233. The summed E-state index contributed by atoms with van der Waals surface area (Å²) in [6, 6.07) is 22.2. The van der Waals surface area contributed by atoms with Gasteiger partial charge in [-0.15, -0.1) is 0 Å². The van der Waals surface area contributed by atoms with Crippen LogP contribution in [0, 0.1) is 0 Å². The molecule has 0 fully saturated rings. The van der Waals surface area contributed by atoms with Gasteiger partial charge in [-0.2, -0.15) is 0 Å². The molecule has 0 spiro atoms. The molecule has 0 bridgehead atoms. The van der Waals surface area contributed by atoms with Crippen molar-refractivity contribution in [3.05, 3.63) is 101 Å². The fourth-order valence-electron chi connectivity index (χ4n) is 3.91. The second-order valence-corrected chi connectivity index (χ2v) is 8.37. The summed E-state index contributed by atoms with van der Waals surface area (Å²) in [4.78, 5) is 33.7. The van der Waals surface area contributed by atoms with Crippen LogP contribution in [0.3, 0.4) is 0 Å². The molecule has 3 aromatic carbocycles. The van der Waals surface area contributed by atoms with Gasteiger partial charge in [-0.3, -0.25) is 19.6 Å². The molecule has 4 N–H and O–H groups in total. The summed E-state index contributed by atoms with van der Waals surface area (Å²) in [5, 5.41) is 12.2. The molecule has 0 aromatic heterocycles. The van der Waals surface area contributed by atoms with E-state index in [-0.39, 0.29) is 11.8 Å². The molecule has 2 aliphatic rings. The highest BCUT2D eigenvalue weighted by Gasteiger charge is 2.10. The van der Waals surface area contributed by atoms with E-state index >= 15 is 0 Å². The third kappa shape index (κ3) is 5.67. The van der Waals surface area contributed by atoms with Crippen molar-refractivity contribution in [3.8, 4) is 0 Å². The number of hydrogen-bond donors (Lipinski definition) is 4. The number of carbonyl (C=O) groups is 2. The highest BCUT2D eigenvalue weighted by atomic mass is 16.2. The zero-order chi connectivity index (χ0) is 24.7. The minimum Gasteiger partial charge on any atom is -0.368 e. The first-order valence-electron chi connectivity index (χ1n) is 11.8. The van der Waals surface area contributed by atoms with Gasteiger partial charge in [-0.25, -0.2) is 0 Å². The van der Waals surface area contributed by atoms with Crippen LogP contribution < -0.4 is 21.3 Å². The molecular weight excluding hydrogens is 452 g/mol. The van der Waals surface area contributed by atoms with Crippen molar-refractivity contribution in [2.24, 2.45) is 9.98 Å². The Morgan fingerprint density at radius 3 is 1.72 bits per heavy atom. The molecule has 36 heavy (non-hydrogen) atoms. The molecule has 0 atom stereocenters. The van der Waals surface area contributed by atoms with Crippen LogP contribution in [0.5, 0.6) is 0 Å². The largest absolute Gasteiger partial charge is 0.368 e. The molecule has 5 rings (SSSR count). The van der Waals surface area contributed by atoms with E-state index in [1.54, 1.807) is 30.3 Å². The maximum absolute atomic E-state index is 12.6. The summed E-state index contributed by atoms with van der Waals surface area (Å²) >= 11 is 0. The van der Waals surface area contributed by atoms with Crippen molar-refractivity contribution in [2.75, 3.05) is 36.8 Å². The molecule has 8 heteroatoms. The number of rotatable bonds is 7. The van der Waals surface area contributed by atoms with E-state index < -0.39 is 0 Å². The Labute approximate surface area is 209 Å². The van der Waals surface area contributed by atoms with Crippen molar-refractivity contribution in [1.82, 2.24) is 10.6 Å². The molecule has 0 saturated heterocycles. The Balaban J connectivity index is 1.13. The van der Waals surface area contributed by atoms with Crippen LogP contribution in [0.25, 0.3) is 6.08 Å². The maximum atomic E-state index is 12.6. The summed E-state index contributed by atoms with van der Waals surface area (Å²) in [6.45, 7) is 3.28. The Bertz CT molecular complexity index is 1340. The van der Waals surface area contributed by atoms with Crippen LogP contribution in [0.15, 0.2) is 88.9 Å². The molecule has 0 unspecified atom stereocenters. The lowest BCUT2D eigenvalue weighted by atomic mass is 10.1. The summed E-state index contributed by atoms with van der Waals surface area (Å²) in [5.74, 6) is 1.34. The number of nitrogens with one attached hydrogen (secondary N) is 4. The number of benzene rings is 3. The Morgan fingerprint density at radius 1 is 0.694 bits per heavy atom. The smallest absolute Gasteiger partial charge is 0.255 e. The van der Waals surface area contributed by atoms with E-state index in [1.165, 1.54) is 6.08 Å². The van der Waals surface area contributed by atoms with Crippen molar-refractivity contribution in [3.63, 3.8) is 0 Å². The van der Waals surface area contributed by atoms with Crippen molar-refractivity contribution >= 4 is 40.9 Å². The van der Waals surface area contributed by atoms with Crippen LogP contribution in [-0.2, 0) is 4.79 Å². The molecule has 180 valence electrons. The third-order valence-corrected chi connectivity index (χ3v) is 5.79. The van der Waals surface area contributed by atoms with Crippen molar-refractivity contribution in [2.45, 2.75) is 0 Å². The number of carbonyl (C=O) groups excluding carboxylic acids is 2. The first-order valence-corrected chi connectivity index (χ1v) is 11.8. The van der Waals surface area contributed by atoms with Gasteiger partial charge >= 0.3 is 0 Å². The molecule has 0 aliphatic carbocycles. The highest BCUT2D eigenvalue weighted by Crippen LogP contribution is 2.15. The van der Waals surface area contributed by atoms with Gasteiger partial charge in [0.15, 0.2) is 0 Å². The topological polar surface area (TPSA) is 107 Å². The number of anilines is 2. The van der Waals surface area contributed by atoms with E-state index in [4.69, 9.17) is 0 Å². The predicted octanol–water partition coefficient (Wildman–Crippen LogP) is 3.29. The van der Waals surface area contributed by atoms with E-state index in [0.29, 0.717) is 16.9 Å². The average molecular weight is 479 g/mol. The van der Waals surface area contributed by atoms with Gasteiger partial charge in [0, 0.05) is 47.2 Å². The summed E-state index contributed by atoms with van der Waals surface area (Å²) in [7, 11) is 0. The standard InChI is InChI=1S/C28H26N6O2/c35-25(33-23-10-6-20(7-11-23)26-29-15-16-30-26)14-3-19-1-4-22(5-2-19)28(36)34-24-12-8-21(9-13-24)27-31-17-18-32-27/h1-14H,15-18H2,(H,29,30)(H,31,32)(H,33,35)(H,34,36). The van der Waals surface area contributed by atoms with E-state index in [9.17, 15) is 9.59 Å². The van der Waals surface area contributed by atoms with E-state index in [1.807, 2.05) is 48.5 Å². The second kappa shape index (κ2) is 10.7. The molecule has 3 aromatic rings. The van der Waals surface area contributed by atoms with Gasteiger partial charge in [0.2, 0.25) is 5.91 Å². The monoisotopic (exact) mass is 478 g/mol. The summed E-state index contributed by atoms with van der Waals surface area (Å²) in [6.07, 6.45) is 3.18. The molecule has 2 aliphatic heterocycles. The van der Waals surface area contributed by atoms with E-state index in [2.05, 4.69) is 31.3 Å². The molecule has 2 amide bonds. The molecule has 2 heterocycles. The van der Waals surface area contributed by atoms with E-state index in [0.717, 1.165) is 54.5 Å². The zero-order valence-electron chi connectivity index (χ0n) is 19.6. The van der Waals surface area contributed by atoms with Gasteiger partial charge < -0.3 is 21.3 Å². The Morgan fingerprint density at radius 2 is 1.22 bits per heavy atom. The van der Waals surface area contributed by atoms with Crippen LogP contribution >= 0.6 is 0 Å². The average Bonchev–Trinajstić information content (AvgIpc) is 3.64. The molecule has 8 nitrogen and oxygen atoms in total. The van der Waals surface area contributed by atoms with Crippen LogP contribution in [-0.4, -0.2) is 49.7 Å². The molecule has 0 saturated carbocycles. The number of amidine groups is 2. The highest BCUT2D eigenvalue weighted by molar-refractivity contribution is 6.06. The number of hydrogen-bond acceptors (Lipinski definition) is 6. The van der Waals surface area contributed by atoms with Gasteiger partial charge in [0.25, 0.3) is 5.91 Å². The van der Waals surface area contributed by atoms with Gasteiger partial charge in [-0.1, -0.05) is 12.1 Å². The fraction of sp³-hybridized carbons (Fsp3) is 0.143. The first kappa shape index (κ1) is 23.0. The van der Waals surface area contributed by atoms with Gasteiger partial charge in [0.05, 0.1) is 13.1 Å². The SMILES string of the molecule is O=C(C=Cc1ccc(C(=O)Nc2ccc(C3=NCCN3)cc2)cc1)Nc1ccc(C2=NCCN2)cc1. The number of aliphatic imine (C=N–C) groups is 2. The van der Waals surface area contributed by atoms with Gasteiger partial charge in [-0.05, 0) is 72.3 Å². The van der Waals surface area contributed by atoms with Crippen molar-refractivity contribution < 1.29 is 9.59 Å². The Hall–Kier alpha value is -4.72. The molecular formula is C28H26N6O2. The lowest BCUT2D eigenvalue weighted by Gasteiger charge is -2.07. The first-order chi connectivity index (χ1) is 17.6. The van der Waals surface area contributed by atoms with Crippen LogP contribution in [0.1, 0.15) is 27.0 Å². The quantitative estimate of drug-likeness (QED) is 0.391. The van der Waals surface area contributed by atoms with Crippen LogP contribution in [0.2, 0.25) is 0 Å². The van der Waals surface area contributed by atoms with Gasteiger partial charge in [0.1, 0.15) is 11.7 Å². The summed E-state index contributed by atoms with van der Waals surface area (Å²) < 4.78 is 0. The predicted molar refractivity (Wildman–Crippen MR) is 144 cm³/mol. The lowest BCUT2D eigenvalue weighted by Crippen LogP contribution is -2.19. The Kier molecular flexibility index (Phi) is 6.84. The normalized spacial score (nSPS) is 14.6. The maximum Gasteiger partial charge on any atom is 0.255 e.